The van der Waals surface area contributed by atoms with Crippen LogP contribution >= 0.6 is 24.2 Å². The molecule has 8 heteroatoms. The summed E-state index contributed by atoms with van der Waals surface area (Å²) in [7, 11) is 2.08. The summed E-state index contributed by atoms with van der Waals surface area (Å²) in [6.07, 6.45) is 1.67. The Bertz CT molecular complexity index is 823. The summed E-state index contributed by atoms with van der Waals surface area (Å²) < 4.78 is 11.1. The van der Waals surface area contributed by atoms with E-state index in [0.717, 1.165) is 31.0 Å². The number of hydrogen-bond acceptors (Lipinski definition) is 7. The van der Waals surface area contributed by atoms with E-state index in [1.54, 1.807) is 18.0 Å². The van der Waals surface area contributed by atoms with E-state index in [-0.39, 0.29) is 18.4 Å². The molecule has 0 saturated carbocycles. The van der Waals surface area contributed by atoms with Crippen molar-refractivity contribution in [1.29, 1.82) is 0 Å². The van der Waals surface area contributed by atoms with Gasteiger partial charge in [-0.05, 0) is 25.2 Å². The van der Waals surface area contributed by atoms with E-state index in [1.165, 1.54) is 4.90 Å². The third kappa shape index (κ3) is 4.12. The van der Waals surface area contributed by atoms with Crippen LogP contribution in [0.1, 0.15) is 17.4 Å². The van der Waals surface area contributed by atoms with Gasteiger partial charge in [-0.25, -0.2) is 0 Å². The van der Waals surface area contributed by atoms with Gasteiger partial charge in [0.05, 0.1) is 12.3 Å². The molecule has 1 N–H and O–H groups in total. The van der Waals surface area contributed by atoms with Crippen molar-refractivity contribution in [2.75, 3.05) is 26.7 Å². The van der Waals surface area contributed by atoms with Crippen molar-refractivity contribution in [3.63, 3.8) is 0 Å². The molecule has 1 aliphatic heterocycles. The molecule has 2 aromatic heterocycles. The number of nitrogens with one attached hydrogen (secondary N) is 1. The Morgan fingerprint density at radius 3 is 2.92 bits per heavy atom. The predicted molar refractivity (Wildman–Crippen MR) is 103 cm³/mol. The Kier molecular flexibility index (Phi) is 6.37. The Labute approximate surface area is 162 Å². The first-order valence-electron chi connectivity index (χ1n) is 8.30. The Hall–Kier alpha value is -1.80. The van der Waals surface area contributed by atoms with E-state index >= 15 is 0 Å². The van der Waals surface area contributed by atoms with Crippen molar-refractivity contribution >= 4 is 24.2 Å². The van der Waals surface area contributed by atoms with Crippen molar-refractivity contribution < 1.29 is 8.94 Å². The summed E-state index contributed by atoms with van der Waals surface area (Å²) in [5, 5.41) is 7.54. The van der Waals surface area contributed by atoms with Crippen LogP contribution in [0.2, 0.25) is 0 Å². The molecule has 1 saturated heterocycles. The Balaban J connectivity index is 0.00000196. The zero-order chi connectivity index (χ0) is 17.1. The zero-order valence-corrected chi connectivity index (χ0v) is 16.1. The summed E-state index contributed by atoms with van der Waals surface area (Å²) in [5.74, 6) is 2.59. The van der Waals surface area contributed by atoms with Gasteiger partial charge in [0.15, 0.2) is 11.6 Å². The van der Waals surface area contributed by atoms with Crippen LogP contribution in [0, 0.1) is 0 Å². The number of furan rings is 1. The molecule has 0 bridgehead atoms. The highest BCUT2D eigenvalue weighted by Gasteiger charge is 2.26. The van der Waals surface area contributed by atoms with Gasteiger partial charge < -0.3 is 14.3 Å². The number of rotatable bonds is 5. The zero-order valence-electron chi connectivity index (χ0n) is 14.4. The largest absolute Gasteiger partial charge is 0.459 e. The van der Waals surface area contributed by atoms with Gasteiger partial charge in [-0.3, -0.25) is 4.90 Å². The molecule has 4 rings (SSSR count). The molecule has 3 aromatic rings. The third-order valence-electron chi connectivity index (χ3n) is 4.33. The van der Waals surface area contributed by atoms with Crippen LogP contribution in [-0.4, -0.2) is 41.7 Å². The van der Waals surface area contributed by atoms with Crippen LogP contribution < -0.4 is 5.32 Å². The summed E-state index contributed by atoms with van der Waals surface area (Å²) in [4.78, 5) is 8.03. The smallest absolute Gasteiger partial charge is 0.293 e. The Morgan fingerprint density at radius 1 is 1.27 bits per heavy atom. The summed E-state index contributed by atoms with van der Waals surface area (Å²) >= 11 is 1.75. The van der Waals surface area contributed by atoms with Gasteiger partial charge in [0.1, 0.15) is 0 Å². The van der Waals surface area contributed by atoms with Crippen LogP contribution in [0.15, 0.2) is 56.5 Å². The van der Waals surface area contributed by atoms with Gasteiger partial charge in [-0.1, -0.05) is 23.4 Å². The SMILES string of the molecule is CN1CCNCC1c1noc(-c2occc2CSc2ccccc2)n1.Cl. The summed E-state index contributed by atoms with van der Waals surface area (Å²) in [6, 6.07) is 12.4. The second-order valence-corrected chi connectivity index (χ2v) is 7.08. The third-order valence-corrected chi connectivity index (χ3v) is 5.39. The highest BCUT2D eigenvalue weighted by atomic mass is 35.5. The molecule has 0 radical (unpaired) electrons. The number of nitrogens with zero attached hydrogens (tertiary/aromatic N) is 3. The molecule has 0 amide bonds. The van der Waals surface area contributed by atoms with E-state index in [1.807, 2.05) is 24.3 Å². The van der Waals surface area contributed by atoms with Crippen molar-refractivity contribution in [1.82, 2.24) is 20.4 Å². The topological polar surface area (TPSA) is 67.3 Å². The number of likely N-dealkylation sites (N-methyl/N-ethyl adjacent to an activating group) is 1. The number of hydrogen-bond donors (Lipinski definition) is 1. The number of halogens is 1. The van der Waals surface area contributed by atoms with E-state index < -0.39 is 0 Å². The highest BCUT2D eigenvalue weighted by molar-refractivity contribution is 7.98. The molecule has 1 atom stereocenters. The first-order valence-corrected chi connectivity index (χ1v) is 9.29. The molecule has 1 aromatic carbocycles. The normalized spacial score (nSPS) is 17.8. The van der Waals surface area contributed by atoms with Gasteiger partial charge in [0.2, 0.25) is 0 Å². The molecule has 3 heterocycles. The minimum absolute atomic E-state index is 0. The molecule has 1 fully saturated rings. The predicted octanol–water partition coefficient (Wildman–Crippen LogP) is 3.62. The lowest BCUT2D eigenvalue weighted by Gasteiger charge is -2.30. The first kappa shape index (κ1) is 19.0. The average Bonchev–Trinajstić information content (AvgIpc) is 3.30. The van der Waals surface area contributed by atoms with Crippen LogP contribution in [-0.2, 0) is 5.75 Å². The van der Waals surface area contributed by atoms with Crippen LogP contribution in [0.25, 0.3) is 11.7 Å². The quantitative estimate of drug-likeness (QED) is 0.665. The number of aromatic nitrogens is 2. The van der Waals surface area contributed by atoms with Crippen molar-refractivity contribution in [3.05, 3.63) is 54.0 Å². The van der Waals surface area contributed by atoms with Gasteiger partial charge >= 0.3 is 0 Å². The fourth-order valence-electron chi connectivity index (χ4n) is 2.87. The highest BCUT2D eigenvalue weighted by Crippen LogP contribution is 2.31. The molecular formula is C18H21ClN4O2S. The first-order chi connectivity index (χ1) is 12.3. The second kappa shape index (κ2) is 8.73. The number of piperazine rings is 1. The van der Waals surface area contributed by atoms with Gasteiger partial charge in [-0.15, -0.1) is 24.2 Å². The maximum atomic E-state index is 5.63. The molecule has 0 aliphatic carbocycles. The molecule has 1 unspecified atom stereocenters. The van der Waals surface area contributed by atoms with Crippen LogP contribution in [0.4, 0.5) is 0 Å². The summed E-state index contributed by atoms with van der Waals surface area (Å²) in [5.41, 5.74) is 1.05. The lowest BCUT2D eigenvalue weighted by atomic mass is 10.2. The molecular weight excluding hydrogens is 372 g/mol. The maximum Gasteiger partial charge on any atom is 0.293 e. The monoisotopic (exact) mass is 392 g/mol. The van der Waals surface area contributed by atoms with E-state index in [9.17, 15) is 0 Å². The number of benzene rings is 1. The van der Waals surface area contributed by atoms with E-state index in [2.05, 4.69) is 39.5 Å². The van der Waals surface area contributed by atoms with Crippen molar-refractivity contribution in [3.8, 4) is 11.7 Å². The van der Waals surface area contributed by atoms with Crippen LogP contribution in [0.3, 0.4) is 0 Å². The van der Waals surface area contributed by atoms with Crippen molar-refractivity contribution in [2.45, 2.75) is 16.7 Å². The lowest BCUT2D eigenvalue weighted by molar-refractivity contribution is 0.190. The molecule has 138 valence electrons. The molecule has 26 heavy (non-hydrogen) atoms. The van der Waals surface area contributed by atoms with Gasteiger partial charge in [-0.2, -0.15) is 4.98 Å². The standard InChI is InChI=1S/C18H20N4O2S.ClH/c1-22-9-8-19-11-15(22)17-20-18(24-21-17)16-13(7-10-23-16)12-25-14-5-3-2-4-6-14;/h2-7,10,15,19H,8-9,11-12H2,1H3;1H. The number of thioether (sulfide) groups is 1. The fourth-order valence-corrected chi connectivity index (χ4v) is 3.77. The minimum atomic E-state index is 0. The van der Waals surface area contributed by atoms with Gasteiger partial charge in [0, 0.05) is 35.8 Å². The lowest BCUT2D eigenvalue weighted by Crippen LogP contribution is -2.44. The van der Waals surface area contributed by atoms with Crippen molar-refractivity contribution in [2.24, 2.45) is 0 Å². The second-order valence-electron chi connectivity index (χ2n) is 6.03. The fraction of sp³-hybridized carbons (Fsp3) is 0.333. The van der Waals surface area contributed by atoms with Crippen LogP contribution in [0.5, 0.6) is 0 Å². The Morgan fingerprint density at radius 2 is 2.12 bits per heavy atom. The molecule has 6 nitrogen and oxygen atoms in total. The van der Waals surface area contributed by atoms with E-state index in [0.29, 0.717) is 17.5 Å². The summed E-state index contributed by atoms with van der Waals surface area (Å²) in [6.45, 7) is 2.77. The van der Waals surface area contributed by atoms with Gasteiger partial charge in [0.25, 0.3) is 5.89 Å². The minimum Gasteiger partial charge on any atom is -0.459 e. The average molecular weight is 393 g/mol. The van der Waals surface area contributed by atoms with E-state index in [4.69, 9.17) is 8.94 Å². The molecule has 1 aliphatic rings. The maximum absolute atomic E-state index is 5.63. The molecule has 0 spiro atoms.